The first kappa shape index (κ1) is 14.9. The van der Waals surface area contributed by atoms with Gasteiger partial charge in [0.2, 0.25) is 15.9 Å². The number of nitrogens with two attached hydrogens (primary N) is 2. The maximum Gasteiger partial charge on any atom is 0.238 e. The fraction of sp³-hybridized carbons (Fsp3) is 0.417. The van der Waals surface area contributed by atoms with Crippen molar-refractivity contribution in [1.29, 1.82) is 0 Å². The molecule has 0 aliphatic carbocycles. The summed E-state index contributed by atoms with van der Waals surface area (Å²) in [5.74, 6) is -0.725. The molecular weight excluding hydrogens is 282 g/mol. The number of carbonyl (C=O) groups excluding carboxylic acids is 1. The molecule has 0 bridgehead atoms. The van der Waals surface area contributed by atoms with E-state index in [1.54, 1.807) is 13.0 Å². The van der Waals surface area contributed by atoms with Crippen molar-refractivity contribution >= 4 is 21.6 Å². The van der Waals surface area contributed by atoms with Crippen LogP contribution in [0.5, 0.6) is 0 Å². The van der Waals surface area contributed by atoms with Crippen LogP contribution in [0.2, 0.25) is 0 Å². The minimum atomic E-state index is -3.81. The van der Waals surface area contributed by atoms with Crippen molar-refractivity contribution in [3.63, 3.8) is 0 Å². The summed E-state index contributed by atoms with van der Waals surface area (Å²) in [7, 11) is -3.81. The van der Waals surface area contributed by atoms with E-state index in [0.717, 1.165) is 5.56 Å². The van der Waals surface area contributed by atoms with Crippen LogP contribution in [0.3, 0.4) is 0 Å². The van der Waals surface area contributed by atoms with Crippen LogP contribution in [0.1, 0.15) is 5.56 Å². The molecule has 1 heterocycles. The number of primary sulfonamides is 1. The Morgan fingerprint density at radius 3 is 2.65 bits per heavy atom. The zero-order chi connectivity index (χ0) is 14.9. The monoisotopic (exact) mass is 299 g/mol. The lowest BCUT2D eigenvalue weighted by Crippen LogP contribution is -2.37. The van der Waals surface area contributed by atoms with Gasteiger partial charge >= 0.3 is 0 Å². The average Bonchev–Trinajstić information content (AvgIpc) is 2.77. The van der Waals surface area contributed by atoms with E-state index >= 15 is 0 Å². The molecule has 5 N–H and O–H groups in total. The van der Waals surface area contributed by atoms with E-state index in [2.05, 4.69) is 5.32 Å². The minimum Gasteiger partial charge on any atom is -0.379 e. The lowest BCUT2D eigenvalue weighted by molar-refractivity contribution is -0.120. The lowest BCUT2D eigenvalue weighted by atomic mass is 10.0. The van der Waals surface area contributed by atoms with Crippen LogP contribution in [0.4, 0.5) is 5.69 Å². The summed E-state index contributed by atoms with van der Waals surface area (Å²) in [6, 6.07) is 3.96. The summed E-state index contributed by atoms with van der Waals surface area (Å²) in [6.07, 6.45) is 0. The SMILES string of the molecule is Cc1ccc(S(N)(=O)=O)cc1NC(=O)C1COCC1N. The Kier molecular flexibility index (Phi) is 4.09. The maximum absolute atomic E-state index is 12.1. The van der Waals surface area contributed by atoms with Crippen LogP contribution in [-0.4, -0.2) is 33.6 Å². The van der Waals surface area contributed by atoms with Crippen molar-refractivity contribution in [3.8, 4) is 0 Å². The molecule has 1 aliphatic heterocycles. The van der Waals surface area contributed by atoms with Crippen molar-refractivity contribution in [3.05, 3.63) is 23.8 Å². The normalized spacial score (nSPS) is 22.8. The van der Waals surface area contributed by atoms with E-state index in [4.69, 9.17) is 15.6 Å². The number of aryl methyl sites for hydroxylation is 1. The summed E-state index contributed by atoms with van der Waals surface area (Å²) >= 11 is 0. The molecule has 0 saturated carbocycles. The highest BCUT2D eigenvalue weighted by Gasteiger charge is 2.31. The number of amides is 1. The molecule has 1 aromatic carbocycles. The van der Waals surface area contributed by atoms with Gasteiger partial charge < -0.3 is 15.8 Å². The predicted molar refractivity (Wildman–Crippen MR) is 73.5 cm³/mol. The molecule has 0 spiro atoms. The van der Waals surface area contributed by atoms with Gasteiger partial charge in [-0.2, -0.15) is 0 Å². The van der Waals surface area contributed by atoms with E-state index in [9.17, 15) is 13.2 Å². The summed E-state index contributed by atoms with van der Waals surface area (Å²) in [5.41, 5.74) is 6.91. The number of carbonyl (C=O) groups is 1. The van der Waals surface area contributed by atoms with E-state index in [1.807, 2.05) is 0 Å². The third kappa shape index (κ3) is 3.15. The summed E-state index contributed by atoms with van der Waals surface area (Å²) in [6.45, 7) is 2.36. The highest BCUT2D eigenvalue weighted by Crippen LogP contribution is 2.21. The number of ether oxygens (including phenoxy) is 1. The number of sulfonamides is 1. The van der Waals surface area contributed by atoms with Gasteiger partial charge in [-0.1, -0.05) is 6.07 Å². The second kappa shape index (κ2) is 5.49. The summed E-state index contributed by atoms with van der Waals surface area (Å²) in [4.78, 5) is 12.0. The van der Waals surface area contributed by atoms with Crippen molar-refractivity contribution in [1.82, 2.24) is 0 Å². The highest BCUT2D eigenvalue weighted by atomic mass is 32.2. The Hall–Kier alpha value is -1.48. The Morgan fingerprint density at radius 1 is 1.40 bits per heavy atom. The van der Waals surface area contributed by atoms with Crippen LogP contribution >= 0.6 is 0 Å². The number of anilines is 1. The zero-order valence-electron chi connectivity index (χ0n) is 11.0. The molecule has 20 heavy (non-hydrogen) atoms. The first-order valence-electron chi connectivity index (χ1n) is 6.06. The van der Waals surface area contributed by atoms with Gasteiger partial charge in [0.25, 0.3) is 0 Å². The molecule has 1 amide bonds. The maximum atomic E-state index is 12.1. The number of hydrogen-bond acceptors (Lipinski definition) is 5. The van der Waals surface area contributed by atoms with Crippen LogP contribution < -0.4 is 16.2 Å². The van der Waals surface area contributed by atoms with Crippen molar-refractivity contribution in [2.24, 2.45) is 16.8 Å². The van der Waals surface area contributed by atoms with Crippen molar-refractivity contribution < 1.29 is 17.9 Å². The third-order valence-corrected chi connectivity index (χ3v) is 4.17. The molecule has 8 heteroatoms. The van der Waals surface area contributed by atoms with Gasteiger partial charge in [-0.15, -0.1) is 0 Å². The third-order valence-electron chi connectivity index (χ3n) is 3.26. The standard InChI is InChI=1S/C12H17N3O4S/c1-7-2-3-8(20(14,17)18)4-11(7)15-12(16)9-5-19-6-10(9)13/h2-4,9-10H,5-6,13H2,1H3,(H,15,16)(H2,14,17,18). The Bertz CT molecular complexity index is 630. The van der Waals surface area contributed by atoms with Crippen molar-refractivity contribution in [2.75, 3.05) is 18.5 Å². The number of nitrogens with one attached hydrogen (secondary N) is 1. The number of rotatable bonds is 3. The van der Waals surface area contributed by atoms with Gasteiger partial charge in [-0.3, -0.25) is 4.79 Å². The van der Waals surface area contributed by atoms with Gasteiger partial charge in [0.1, 0.15) is 0 Å². The molecule has 0 aromatic heterocycles. The zero-order valence-corrected chi connectivity index (χ0v) is 11.8. The Labute approximate surface area is 117 Å². The van der Waals surface area contributed by atoms with Gasteiger partial charge in [-0.25, -0.2) is 13.6 Å². The van der Waals surface area contributed by atoms with Crippen molar-refractivity contribution in [2.45, 2.75) is 17.9 Å². The van der Waals surface area contributed by atoms with E-state index in [0.29, 0.717) is 12.3 Å². The molecule has 1 saturated heterocycles. The van der Waals surface area contributed by atoms with E-state index in [-0.39, 0.29) is 23.5 Å². The number of hydrogen-bond donors (Lipinski definition) is 3. The van der Waals surface area contributed by atoms with Crippen LogP contribution in [0.15, 0.2) is 23.1 Å². The Morgan fingerprint density at radius 2 is 2.10 bits per heavy atom. The summed E-state index contributed by atoms with van der Waals surface area (Å²) < 4.78 is 27.8. The van der Waals surface area contributed by atoms with Gasteiger partial charge in [0, 0.05) is 11.7 Å². The molecule has 1 fully saturated rings. The minimum absolute atomic E-state index is 0.0506. The smallest absolute Gasteiger partial charge is 0.238 e. The predicted octanol–water partition coefficient (Wildman–Crippen LogP) is -0.445. The van der Waals surface area contributed by atoms with Gasteiger partial charge in [0.15, 0.2) is 0 Å². The average molecular weight is 299 g/mol. The first-order valence-corrected chi connectivity index (χ1v) is 7.61. The fourth-order valence-electron chi connectivity index (χ4n) is 1.98. The Balaban J connectivity index is 2.22. The molecule has 1 aromatic rings. The molecule has 2 atom stereocenters. The second-order valence-corrected chi connectivity index (χ2v) is 6.38. The quantitative estimate of drug-likeness (QED) is 0.697. The molecular formula is C12H17N3O4S. The number of benzene rings is 1. The van der Waals surface area contributed by atoms with Crippen LogP contribution in [-0.2, 0) is 19.6 Å². The molecule has 2 unspecified atom stereocenters. The summed E-state index contributed by atoms with van der Waals surface area (Å²) in [5, 5.41) is 7.75. The largest absolute Gasteiger partial charge is 0.379 e. The molecule has 2 rings (SSSR count). The van der Waals surface area contributed by atoms with E-state index in [1.165, 1.54) is 12.1 Å². The van der Waals surface area contributed by atoms with Crippen LogP contribution in [0.25, 0.3) is 0 Å². The fourth-order valence-corrected chi connectivity index (χ4v) is 2.52. The molecule has 0 radical (unpaired) electrons. The second-order valence-electron chi connectivity index (χ2n) is 4.82. The van der Waals surface area contributed by atoms with E-state index < -0.39 is 15.9 Å². The van der Waals surface area contributed by atoms with Gasteiger partial charge in [0.05, 0.1) is 24.0 Å². The van der Waals surface area contributed by atoms with Gasteiger partial charge in [-0.05, 0) is 24.6 Å². The molecule has 1 aliphatic rings. The molecule has 110 valence electrons. The van der Waals surface area contributed by atoms with Crippen LogP contribution in [0, 0.1) is 12.8 Å². The lowest BCUT2D eigenvalue weighted by Gasteiger charge is -2.15. The topological polar surface area (TPSA) is 125 Å². The highest BCUT2D eigenvalue weighted by molar-refractivity contribution is 7.89. The molecule has 7 nitrogen and oxygen atoms in total. The first-order chi connectivity index (χ1) is 9.29.